The van der Waals surface area contributed by atoms with Crippen molar-refractivity contribution in [2.45, 2.75) is 34.6 Å². The molecule has 0 spiro atoms. The number of nitrogens with zero attached hydrogens (tertiary/aromatic N) is 2. The Kier molecular flexibility index (Phi) is 13.7. The first-order valence-electron chi connectivity index (χ1n) is 8.45. The highest BCUT2D eigenvalue weighted by Crippen LogP contribution is 2.00. The van der Waals surface area contributed by atoms with Crippen molar-refractivity contribution in [3.63, 3.8) is 0 Å². The summed E-state index contributed by atoms with van der Waals surface area (Å²) < 4.78 is 5.65. The van der Waals surface area contributed by atoms with Crippen LogP contribution >= 0.6 is 0 Å². The summed E-state index contributed by atoms with van der Waals surface area (Å²) in [5.74, 6) is 0.722. The molecule has 0 bridgehead atoms. The molecule has 4 heteroatoms. The highest BCUT2D eigenvalue weighted by atomic mass is 16.5. The standard InChI is InChI=1S/C14H31N3O.C2H6/c1-4-16-6-8-17(9-7-16)10-12-18-11-5-15-13-14(2)3;1-2/h14-15H,4-13H2,1-3H3;1-2H3. The van der Waals surface area contributed by atoms with Crippen LogP contribution in [0, 0.1) is 5.92 Å². The Balaban J connectivity index is 0.00000172. The van der Waals surface area contributed by atoms with Crippen LogP contribution in [0.5, 0.6) is 0 Å². The number of nitrogens with one attached hydrogen (secondary N) is 1. The number of hydrogen-bond acceptors (Lipinski definition) is 4. The summed E-state index contributed by atoms with van der Waals surface area (Å²) in [7, 11) is 0. The van der Waals surface area contributed by atoms with Crippen LogP contribution in [-0.2, 0) is 4.74 Å². The van der Waals surface area contributed by atoms with Crippen molar-refractivity contribution in [1.82, 2.24) is 15.1 Å². The van der Waals surface area contributed by atoms with Crippen LogP contribution in [0.3, 0.4) is 0 Å². The average Bonchev–Trinajstić information content (AvgIpc) is 2.48. The number of piperazine rings is 1. The minimum atomic E-state index is 0.722. The van der Waals surface area contributed by atoms with Gasteiger partial charge in [0.05, 0.1) is 13.2 Å². The zero-order valence-electron chi connectivity index (χ0n) is 14.5. The first-order chi connectivity index (χ1) is 9.72. The third-order valence-corrected chi connectivity index (χ3v) is 3.44. The highest BCUT2D eigenvalue weighted by molar-refractivity contribution is 4.70. The van der Waals surface area contributed by atoms with E-state index in [0.717, 1.165) is 38.8 Å². The summed E-state index contributed by atoms with van der Waals surface area (Å²) in [6, 6.07) is 0. The van der Waals surface area contributed by atoms with Crippen molar-refractivity contribution in [3.05, 3.63) is 0 Å². The molecule has 0 radical (unpaired) electrons. The predicted molar refractivity (Wildman–Crippen MR) is 88.4 cm³/mol. The second-order valence-corrected chi connectivity index (χ2v) is 5.49. The maximum atomic E-state index is 5.65. The van der Waals surface area contributed by atoms with Gasteiger partial charge in [0.2, 0.25) is 0 Å². The Bertz CT molecular complexity index is 192. The lowest BCUT2D eigenvalue weighted by molar-refractivity contribution is 0.0780. The van der Waals surface area contributed by atoms with Crippen LogP contribution in [0.25, 0.3) is 0 Å². The van der Waals surface area contributed by atoms with Crippen LogP contribution < -0.4 is 5.32 Å². The highest BCUT2D eigenvalue weighted by Gasteiger charge is 2.14. The van der Waals surface area contributed by atoms with Crippen molar-refractivity contribution >= 4 is 0 Å². The van der Waals surface area contributed by atoms with E-state index >= 15 is 0 Å². The molecular formula is C16H37N3O. The zero-order valence-corrected chi connectivity index (χ0v) is 14.5. The van der Waals surface area contributed by atoms with E-state index in [1.807, 2.05) is 13.8 Å². The largest absolute Gasteiger partial charge is 0.379 e. The number of likely N-dealkylation sites (N-methyl/N-ethyl adjacent to an activating group) is 1. The van der Waals surface area contributed by atoms with Gasteiger partial charge in [-0.25, -0.2) is 0 Å². The van der Waals surface area contributed by atoms with Gasteiger partial charge in [0.25, 0.3) is 0 Å². The summed E-state index contributed by atoms with van der Waals surface area (Å²) in [5.41, 5.74) is 0. The van der Waals surface area contributed by atoms with E-state index in [1.54, 1.807) is 0 Å². The van der Waals surface area contributed by atoms with Crippen LogP contribution in [0.4, 0.5) is 0 Å². The van der Waals surface area contributed by atoms with E-state index in [9.17, 15) is 0 Å². The SMILES string of the molecule is CC.CCN1CCN(CCOCCNCC(C)C)CC1. The van der Waals surface area contributed by atoms with E-state index < -0.39 is 0 Å². The molecule has 1 aliphatic heterocycles. The Labute approximate surface area is 126 Å². The molecule has 1 N–H and O–H groups in total. The quantitative estimate of drug-likeness (QED) is 0.656. The molecule has 0 saturated carbocycles. The zero-order chi connectivity index (χ0) is 15.2. The third kappa shape index (κ3) is 10.6. The second-order valence-electron chi connectivity index (χ2n) is 5.49. The maximum Gasteiger partial charge on any atom is 0.0594 e. The molecule has 0 aromatic rings. The molecule has 122 valence electrons. The van der Waals surface area contributed by atoms with Crippen molar-refractivity contribution < 1.29 is 4.74 Å². The summed E-state index contributed by atoms with van der Waals surface area (Å²) in [5, 5.41) is 3.39. The Morgan fingerprint density at radius 2 is 1.60 bits per heavy atom. The molecule has 0 unspecified atom stereocenters. The van der Waals surface area contributed by atoms with Gasteiger partial charge < -0.3 is 15.0 Å². The van der Waals surface area contributed by atoms with Crippen molar-refractivity contribution in [2.24, 2.45) is 5.92 Å². The molecule has 1 heterocycles. The average molecular weight is 287 g/mol. The van der Waals surface area contributed by atoms with E-state index in [1.165, 1.54) is 32.7 Å². The lowest BCUT2D eigenvalue weighted by Crippen LogP contribution is -2.47. The van der Waals surface area contributed by atoms with Crippen molar-refractivity contribution in [3.8, 4) is 0 Å². The van der Waals surface area contributed by atoms with Gasteiger partial charge in [0.15, 0.2) is 0 Å². The van der Waals surface area contributed by atoms with Gasteiger partial charge in [-0.2, -0.15) is 0 Å². The Hall–Kier alpha value is -0.160. The summed E-state index contributed by atoms with van der Waals surface area (Å²) >= 11 is 0. The van der Waals surface area contributed by atoms with Gasteiger partial charge in [-0.15, -0.1) is 0 Å². The number of rotatable bonds is 9. The van der Waals surface area contributed by atoms with Crippen LogP contribution in [-0.4, -0.2) is 75.4 Å². The molecule has 0 amide bonds. The Morgan fingerprint density at radius 3 is 2.15 bits per heavy atom. The molecule has 1 rings (SSSR count). The first-order valence-corrected chi connectivity index (χ1v) is 8.45. The molecular weight excluding hydrogens is 250 g/mol. The van der Waals surface area contributed by atoms with Crippen LogP contribution in [0.1, 0.15) is 34.6 Å². The van der Waals surface area contributed by atoms with E-state index in [4.69, 9.17) is 4.74 Å². The Morgan fingerprint density at radius 1 is 1.00 bits per heavy atom. The smallest absolute Gasteiger partial charge is 0.0594 e. The molecule has 0 aromatic carbocycles. The van der Waals surface area contributed by atoms with Crippen LogP contribution in [0.15, 0.2) is 0 Å². The second kappa shape index (κ2) is 13.8. The molecule has 1 saturated heterocycles. The lowest BCUT2D eigenvalue weighted by Gasteiger charge is -2.33. The molecule has 4 nitrogen and oxygen atoms in total. The minimum absolute atomic E-state index is 0.722. The van der Waals surface area contributed by atoms with Crippen molar-refractivity contribution in [1.29, 1.82) is 0 Å². The molecule has 0 aliphatic carbocycles. The van der Waals surface area contributed by atoms with Gasteiger partial charge >= 0.3 is 0 Å². The lowest BCUT2D eigenvalue weighted by atomic mass is 10.2. The van der Waals surface area contributed by atoms with Gasteiger partial charge in [0.1, 0.15) is 0 Å². The van der Waals surface area contributed by atoms with Crippen molar-refractivity contribution in [2.75, 3.05) is 65.6 Å². The predicted octanol–water partition coefficient (Wildman–Crippen LogP) is 1.91. The summed E-state index contributed by atoms with van der Waals surface area (Å²) in [6.45, 7) is 21.6. The summed E-state index contributed by atoms with van der Waals surface area (Å²) in [6.07, 6.45) is 0. The van der Waals surface area contributed by atoms with Gasteiger partial charge in [-0.3, -0.25) is 4.90 Å². The van der Waals surface area contributed by atoms with E-state index in [0.29, 0.717) is 0 Å². The third-order valence-electron chi connectivity index (χ3n) is 3.44. The molecule has 0 atom stereocenters. The fraction of sp³-hybridized carbons (Fsp3) is 1.00. The number of hydrogen-bond donors (Lipinski definition) is 1. The normalized spacial score (nSPS) is 17.1. The maximum absolute atomic E-state index is 5.65. The fourth-order valence-electron chi connectivity index (χ4n) is 2.16. The summed E-state index contributed by atoms with van der Waals surface area (Å²) in [4.78, 5) is 5.01. The fourth-order valence-corrected chi connectivity index (χ4v) is 2.16. The topological polar surface area (TPSA) is 27.7 Å². The van der Waals surface area contributed by atoms with Gasteiger partial charge in [-0.1, -0.05) is 34.6 Å². The van der Waals surface area contributed by atoms with E-state index in [2.05, 4.69) is 35.9 Å². The first kappa shape index (κ1) is 19.8. The molecule has 20 heavy (non-hydrogen) atoms. The van der Waals surface area contributed by atoms with Gasteiger partial charge in [-0.05, 0) is 19.0 Å². The van der Waals surface area contributed by atoms with E-state index in [-0.39, 0.29) is 0 Å². The molecule has 1 fully saturated rings. The monoisotopic (exact) mass is 287 g/mol. The number of ether oxygens (including phenoxy) is 1. The minimum Gasteiger partial charge on any atom is -0.379 e. The molecule has 0 aromatic heterocycles. The van der Waals surface area contributed by atoms with Gasteiger partial charge in [0, 0.05) is 39.3 Å². The van der Waals surface area contributed by atoms with Crippen LogP contribution in [0.2, 0.25) is 0 Å². The molecule has 1 aliphatic rings.